The molecule has 0 saturated carbocycles. The lowest BCUT2D eigenvalue weighted by molar-refractivity contribution is 0.214. The summed E-state index contributed by atoms with van der Waals surface area (Å²) in [6.45, 7) is 1.96. The summed E-state index contributed by atoms with van der Waals surface area (Å²) in [6, 6.07) is 11.1. The standard InChI is InChI=1S/C15H14BrClO2/c1-9-3-5-11(13(17)7-9)15(18)12-8-10(16)4-6-14(12)19-2/h3-8,15,18H,1-2H3. The van der Waals surface area contributed by atoms with Gasteiger partial charge in [-0.15, -0.1) is 0 Å². The SMILES string of the molecule is COc1ccc(Br)cc1C(O)c1ccc(C)cc1Cl. The fourth-order valence-electron chi connectivity index (χ4n) is 1.94. The lowest BCUT2D eigenvalue weighted by Gasteiger charge is -2.17. The van der Waals surface area contributed by atoms with Crippen LogP contribution in [0.2, 0.25) is 5.02 Å². The van der Waals surface area contributed by atoms with E-state index >= 15 is 0 Å². The van der Waals surface area contributed by atoms with Crippen molar-refractivity contribution in [3.8, 4) is 5.75 Å². The maximum absolute atomic E-state index is 10.5. The number of methoxy groups -OCH3 is 1. The predicted molar refractivity (Wildman–Crippen MR) is 80.9 cm³/mol. The Morgan fingerprint density at radius 1 is 1.16 bits per heavy atom. The zero-order chi connectivity index (χ0) is 14.0. The molecule has 4 heteroatoms. The molecule has 100 valence electrons. The van der Waals surface area contributed by atoms with E-state index in [0.717, 1.165) is 10.0 Å². The number of aliphatic hydroxyl groups excluding tert-OH is 1. The highest BCUT2D eigenvalue weighted by molar-refractivity contribution is 9.10. The van der Waals surface area contributed by atoms with Gasteiger partial charge in [0.05, 0.1) is 7.11 Å². The Hall–Kier alpha value is -1.03. The summed E-state index contributed by atoms with van der Waals surface area (Å²) in [7, 11) is 1.58. The van der Waals surface area contributed by atoms with Gasteiger partial charge in [-0.05, 0) is 36.8 Å². The average molecular weight is 342 g/mol. The third-order valence-corrected chi connectivity index (χ3v) is 3.76. The Balaban J connectivity index is 2.49. The molecule has 0 aliphatic carbocycles. The van der Waals surface area contributed by atoms with Crippen LogP contribution in [0, 0.1) is 6.92 Å². The smallest absolute Gasteiger partial charge is 0.125 e. The highest BCUT2D eigenvalue weighted by Gasteiger charge is 2.18. The second kappa shape index (κ2) is 5.95. The van der Waals surface area contributed by atoms with E-state index in [1.54, 1.807) is 7.11 Å². The fourth-order valence-corrected chi connectivity index (χ4v) is 2.66. The Labute approximate surface area is 126 Å². The van der Waals surface area contributed by atoms with Crippen LogP contribution in [-0.2, 0) is 0 Å². The first kappa shape index (κ1) is 14.4. The topological polar surface area (TPSA) is 29.5 Å². The summed E-state index contributed by atoms with van der Waals surface area (Å²) in [5.74, 6) is 0.632. The third kappa shape index (κ3) is 3.11. The van der Waals surface area contributed by atoms with E-state index in [1.807, 2.05) is 43.3 Å². The van der Waals surface area contributed by atoms with Crippen LogP contribution in [-0.4, -0.2) is 12.2 Å². The number of ether oxygens (including phenoxy) is 1. The lowest BCUT2D eigenvalue weighted by atomic mass is 9.99. The number of aliphatic hydroxyl groups is 1. The first-order valence-corrected chi connectivity index (χ1v) is 6.97. The van der Waals surface area contributed by atoms with E-state index in [1.165, 1.54) is 0 Å². The molecule has 0 fully saturated rings. The van der Waals surface area contributed by atoms with Gasteiger partial charge in [-0.2, -0.15) is 0 Å². The number of halogens is 2. The summed E-state index contributed by atoms with van der Waals surface area (Å²) in [5, 5.41) is 11.1. The average Bonchev–Trinajstić information content (AvgIpc) is 2.38. The Morgan fingerprint density at radius 2 is 1.89 bits per heavy atom. The van der Waals surface area contributed by atoms with Crippen LogP contribution in [0.4, 0.5) is 0 Å². The van der Waals surface area contributed by atoms with Gasteiger partial charge in [0, 0.05) is 20.6 Å². The van der Waals surface area contributed by atoms with E-state index in [9.17, 15) is 5.11 Å². The van der Waals surface area contributed by atoms with Gasteiger partial charge < -0.3 is 9.84 Å². The second-order valence-corrected chi connectivity index (χ2v) is 5.64. The summed E-state index contributed by atoms with van der Waals surface area (Å²) >= 11 is 9.59. The molecular formula is C15H14BrClO2. The molecule has 0 heterocycles. The molecule has 1 atom stereocenters. The van der Waals surface area contributed by atoms with Crippen LogP contribution >= 0.6 is 27.5 Å². The summed E-state index contributed by atoms with van der Waals surface area (Å²) in [4.78, 5) is 0. The molecule has 19 heavy (non-hydrogen) atoms. The van der Waals surface area contributed by atoms with Crippen LogP contribution in [0.1, 0.15) is 22.8 Å². The summed E-state index contributed by atoms with van der Waals surface area (Å²) < 4.78 is 6.16. The van der Waals surface area contributed by atoms with Gasteiger partial charge >= 0.3 is 0 Å². The van der Waals surface area contributed by atoms with Crippen LogP contribution in [0.15, 0.2) is 40.9 Å². The molecule has 0 saturated heterocycles. The lowest BCUT2D eigenvalue weighted by Crippen LogP contribution is -2.03. The molecule has 2 rings (SSSR count). The molecule has 1 N–H and O–H groups in total. The van der Waals surface area contributed by atoms with Crippen molar-refractivity contribution in [1.29, 1.82) is 0 Å². The van der Waals surface area contributed by atoms with Crippen molar-refractivity contribution >= 4 is 27.5 Å². The van der Waals surface area contributed by atoms with Crippen molar-refractivity contribution in [1.82, 2.24) is 0 Å². The first-order chi connectivity index (χ1) is 9.02. The van der Waals surface area contributed by atoms with Crippen LogP contribution in [0.3, 0.4) is 0 Å². The molecular weight excluding hydrogens is 328 g/mol. The van der Waals surface area contributed by atoms with E-state index in [0.29, 0.717) is 21.9 Å². The van der Waals surface area contributed by atoms with Gasteiger partial charge in [0.15, 0.2) is 0 Å². The maximum atomic E-state index is 10.5. The van der Waals surface area contributed by atoms with Gasteiger partial charge in [-0.25, -0.2) is 0 Å². The van der Waals surface area contributed by atoms with Gasteiger partial charge in [-0.3, -0.25) is 0 Å². The minimum Gasteiger partial charge on any atom is -0.496 e. The number of benzene rings is 2. The molecule has 0 aliphatic heterocycles. The Kier molecular flexibility index (Phi) is 4.50. The van der Waals surface area contributed by atoms with Crippen LogP contribution in [0.25, 0.3) is 0 Å². The molecule has 0 radical (unpaired) electrons. The number of hydrogen-bond donors (Lipinski definition) is 1. The van der Waals surface area contributed by atoms with Crippen LogP contribution < -0.4 is 4.74 Å². The van der Waals surface area contributed by atoms with E-state index in [4.69, 9.17) is 16.3 Å². The molecule has 0 aromatic heterocycles. The first-order valence-electron chi connectivity index (χ1n) is 5.80. The number of hydrogen-bond acceptors (Lipinski definition) is 2. The van der Waals surface area contributed by atoms with Gasteiger partial charge in [0.1, 0.15) is 11.9 Å². The predicted octanol–water partition coefficient (Wildman–Crippen LogP) is 4.50. The highest BCUT2D eigenvalue weighted by Crippen LogP contribution is 2.35. The quantitative estimate of drug-likeness (QED) is 0.890. The monoisotopic (exact) mass is 340 g/mol. The number of rotatable bonds is 3. The largest absolute Gasteiger partial charge is 0.496 e. The van der Waals surface area contributed by atoms with Gasteiger partial charge in [0.25, 0.3) is 0 Å². The molecule has 0 bridgehead atoms. The third-order valence-electron chi connectivity index (χ3n) is 2.94. The molecule has 0 spiro atoms. The highest BCUT2D eigenvalue weighted by atomic mass is 79.9. The molecule has 0 amide bonds. The molecule has 2 aromatic carbocycles. The van der Waals surface area contributed by atoms with Crippen molar-refractivity contribution in [3.05, 3.63) is 62.6 Å². The van der Waals surface area contributed by atoms with Crippen molar-refractivity contribution in [3.63, 3.8) is 0 Å². The van der Waals surface area contributed by atoms with Crippen molar-refractivity contribution in [2.75, 3.05) is 7.11 Å². The maximum Gasteiger partial charge on any atom is 0.125 e. The fraction of sp³-hybridized carbons (Fsp3) is 0.200. The van der Waals surface area contributed by atoms with E-state index in [-0.39, 0.29) is 0 Å². The van der Waals surface area contributed by atoms with Gasteiger partial charge in [-0.1, -0.05) is 39.7 Å². The number of aryl methyl sites for hydroxylation is 1. The van der Waals surface area contributed by atoms with Crippen molar-refractivity contribution in [2.24, 2.45) is 0 Å². The molecule has 0 aliphatic rings. The van der Waals surface area contributed by atoms with E-state index in [2.05, 4.69) is 15.9 Å². The summed E-state index contributed by atoms with van der Waals surface area (Å²) in [5.41, 5.74) is 2.41. The van der Waals surface area contributed by atoms with E-state index < -0.39 is 6.10 Å². The van der Waals surface area contributed by atoms with Crippen LogP contribution in [0.5, 0.6) is 5.75 Å². The molecule has 2 nitrogen and oxygen atoms in total. The summed E-state index contributed by atoms with van der Waals surface area (Å²) in [6.07, 6.45) is -0.819. The zero-order valence-corrected chi connectivity index (χ0v) is 13.0. The minimum atomic E-state index is -0.819. The Morgan fingerprint density at radius 3 is 2.53 bits per heavy atom. The second-order valence-electron chi connectivity index (χ2n) is 4.31. The molecule has 2 aromatic rings. The minimum absolute atomic E-state index is 0.550. The Bertz CT molecular complexity index is 599. The van der Waals surface area contributed by atoms with Gasteiger partial charge in [0.2, 0.25) is 0 Å². The molecule has 1 unspecified atom stereocenters. The van der Waals surface area contributed by atoms with Crippen molar-refractivity contribution in [2.45, 2.75) is 13.0 Å². The normalized spacial score (nSPS) is 12.3. The zero-order valence-electron chi connectivity index (χ0n) is 10.7. The van der Waals surface area contributed by atoms with Crippen molar-refractivity contribution < 1.29 is 9.84 Å².